The number of carbonyl (C=O) groups excluding carboxylic acids is 1. The molecule has 1 unspecified atom stereocenters. The maximum absolute atomic E-state index is 11.2. The monoisotopic (exact) mass is 186 g/mol. The van der Waals surface area contributed by atoms with Gasteiger partial charge in [0.1, 0.15) is 6.61 Å². The maximum Gasteiger partial charge on any atom is 0.158 e. The molecule has 0 N–H and O–H groups in total. The molecule has 1 aliphatic heterocycles. The number of hydrogen-bond acceptors (Lipinski definition) is 3. The second-order valence-corrected chi connectivity index (χ2v) is 3.35. The molecule has 1 heterocycles. The lowest BCUT2D eigenvalue weighted by atomic mass is 10.1. The van der Waals surface area contributed by atoms with Gasteiger partial charge < -0.3 is 9.47 Å². The number of Topliss-reactive ketones (excluding diaryl/α,β-unsaturated/α-hetero) is 1. The summed E-state index contributed by atoms with van der Waals surface area (Å²) in [7, 11) is 0. The van der Waals surface area contributed by atoms with Crippen LogP contribution in [0.4, 0.5) is 0 Å². The van der Waals surface area contributed by atoms with Crippen molar-refractivity contribution in [3.8, 4) is 0 Å². The topological polar surface area (TPSA) is 35.5 Å². The number of carbonyl (C=O) groups is 1. The molecular formula is C10H18O3. The van der Waals surface area contributed by atoms with Gasteiger partial charge in [-0.1, -0.05) is 0 Å². The smallest absolute Gasteiger partial charge is 0.158 e. The van der Waals surface area contributed by atoms with Gasteiger partial charge in [-0.3, -0.25) is 4.79 Å². The lowest BCUT2D eigenvalue weighted by molar-refractivity contribution is -0.124. The van der Waals surface area contributed by atoms with Gasteiger partial charge in [0, 0.05) is 19.6 Å². The first-order valence-electron chi connectivity index (χ1n) is 5.04. The van der Waals surface area contributed by atoms with E-state index in [1.54, 1.807) is 0 Å². The molecule has 1 aliphatic rings. The van der Waals surface area contributed by atoms with Crippen LogP contribution in [-0.2, 0) is 14.3 Å². The Kier molecular flexibility index (Phi) is 5.01. The second-order valence-electron chi connectivity index (χ2n) is 3.35. The Hall–Kier alpha value is -0.410. The van der Waals surface area contributed by atoms with Crippen LogP contribution in [0.2, 0.25) is 0 Å². The molecule has 13 heavy (non-hydrogen) atoms. The molecule has 0 aromatic carbocycles. The quantitative estimate of drug-likeness (QED) is 0.631. The highest BCUT2D eigenvalue weighted by Gasteiger charge is 2.16. The summed E-state index contributed by atoms with van der Waals surface area (Å²) in [5, 5.41) is 0. The highest BCUT2D eigenvalue weighted by atomic mass is 16.5. The van der Waals surface area contributed by atoms with Crippen LogP contribution in [-0.4, -0.2) is 31.7 Å². The molecule has 3 nitrogen and oxygen atoms in total. The Morgan fingerprint density at radius 1 is 1.62 bits per heavy atom. The van der Waals surface area contributed by atoms with Crippen molar-refractivity contribution in [1.82, 2.24) is 0 Å². The number of rotatable bonds is 6. The largest absolute Gasteiger partial charge is 0.378 e. The van der Waals surface area contributed by atoms with Crippen LogP contribution >= 0.6 is 0 Å². The summed E-state index contributed by atoms with van der Waals surface area (Å²) in [6.45, 7) is 3.65. The molecule has 76 valence electrons. The van der Waals surface area contributed by atoms with Crippen LogP contribution in [0.3, 0.4) is 0 Å². The van der Waals surface area contributed by atoms with Crippen molar-refractivity contribution in [3.63, 3.8) is 0 Å². The minimum Gasteiger partial charge on any atom is -0.378 e. The molecule has 0 saturated carbocycles. The molecule has 1 atom stereocenters. The molecule has 1 saturated heterocycles. The average Bonchev–Trinajstić information content (AvgIpc) is 2.64. The van der Waals surface area contributed by atoms with Crippen LogP contribution in [0.5, 0.6) is 0 Å². The highest BCUT2D eigenvalue weighted by molar-refractivity contribution is 5.79. The van der Waals surface area contributed by atoms with Gasteiger partial charge in [-0.25, -0.2) is 0 Å². The molecule has 0 amide bonds. The summed E-state index contributed by atoms with van der Waals surface area (Å²) in [6.07, 6.45) is 4.05. The first kappa shape index (κ1) is 10.7. The molecule has 0 bridgehead atoms. The molecule has 0 aromatic heterocycles. The van der Waals surface area contributed by atoms with Crippen LogP contribution in [0, 0.1) is 0 Å². The fourth-order valence-electron chi connectivity index (χ4n) is 1.48. The Morgan fingerprint density at radius 2 is 2.46 bits per heavy atom. The number of ketones is 1. The Balaban J connectivity index is 2.00. The van der Waals surface area contributed by atoms with Crippen molar-refractivity contribution in [3.05, 3.63) is 0 Å². The van der Waals surface area contributed by atoms with Gasteiger partial charge in [0.05, 0.1) is 6.10 Å². The van der Waals surface area contributed by atoms with Gasteiger partial charge >= 0.3 is 0 Å². The zero-order valence-corrected chi connectivity index (χ0v) is 8.25. The molecular weight excluding hydrogens is 168 g/mol. The van der Waals surface area contributed by atoms with E-state index in [0.29, 0.717) is 19.1 Å². The average molecular weight is 186 g/mol. The van der Waals surface area contributed by atoms with Crippen molar-refractivity contribution < 1.29 is 14.3 Å². The number of ether oxygens (including phenoxy) is 2. The van der Waals surface area contributed by atoms with Gasteiger partial charge in [-0.2, -0.15) is 0 Å². The van der Waals surface area contributed by atoms with E-state index >= 15 is 0 Å². The first-order chi connectivity index (χ1) is 6.33. The molecule has 0 spiro atoms. The van der Waals surface area contributed by atoms with E-state index in [4.69, 9.17) is 9.47 Å². The van der Waals surface area contributed by atoms with E-state index in [2.05, 4.69) is 0 Å². The fourth-order valence-corrected chi connectivity index (χ4v) is 1.48. The summed E-state index contributed by atoms with van der Waals surface area (Å²) >= 11 is 0. The Labute approximate surface area is 79.4 Å². The fraction of sp³-hybridized carbons (Fsp3) is 0.900. The summed E-state index contributed by atoms with van der Waals surface area (Å²) in [5.74, 6) is 0.192. The first-order valence-corrected chi connectivity index (χ1v) is 5.04. The molecule has 0 aromatic rings. The summed E-state index contributed by atoms with van der Waals surface area (Å²) < 4.78 is 10.4. The van der Waals surface area contributed by atoms with E-state index in [9.17, 15) is 4.79 Å². The van der Waals surface area contributed by atoms with Crippen molar-refractivity contribution in [1.29, 1.82) is 0 Å². The van der Waals surface area contributed by atoms with E-state index < -0.39 is 0 Å². The third-order valence-corrected chi connectivity index (χ3v) is 2.24. The molecule has 1 rings (SSSR count). The van der Waals surface area contributed by atoms with Gasteiger partial charge in [0.15, 0.2) is 5.78 Å². The third kappa shape index (κ3) is 4.39. The molecule has 1 fully saturated rings. The van der Waals surface area contributed by atoms with E-state index in [-0.39, 0.29) is 12.4 Å². The minimum absolute atomic E-state index is 0.192. The van der Waals surface area contributed by atoms with Crippen molar-refractivity contribution in [2.24, 2.45) is 0 Å². The highest BCUT2D eigenvalue weighted by Crippen LogP contribution is 2.16. The summed E-state index contributed by atoms with van der Waals surface area (Å²) in [4.78, 5) is 11.2. The predicted molar refractivity (Wildman–Crippen MR) is 49.7 cm³/mol. The van der Waals surface area contributed by atoms with E-state index in [1.807, 2.05) is 6.92 Å². The lowest BCUT2D eigenvalue weighted by Crippen LogP contribution is -2.12. The van der Waals surface area contributed by atoms with Crippen molar-refractivity contribution in [2.75, 3.05) is 19.8 Å². The summed E-state index contributed by atoms with van der Waals surface area (Å²) in [5.41, 5.74) is 0. The Bertz CT molecular complexity index is 150. The van der Waals surface area contributed by atoms with Crippen LogP contribution in [0.25, 0.3) is 0 Å². The normalized spacial score (nSPS) is 22.1. The second kappa shape index (κ2) is 6.11. The standard InChI is InChI=1S/C10H18O3/c1-2-12-8-9(11)5-6-10-4-3-7-13-10/h10H,2-8H2,1H3. The van der Waals surface area contributed by atoms with E-state index in [0.717, 1.165) is 25.9 Å². The van der Waals surface area contributed by atoms with E-state index in [1.165, 1.54) is 0 Å². The van der Waals surface area contributed by atoms with Crippen LogP contribution in [0.15, 0.2) is 0 Å². The number of hydrogen-bond donors (Lipinski definition) is 0. The molecule has 0 radical (unpaired) electrons. The van der Waals surface area contributed by atoms with Crippen LogP contribution in [0.1, 0.15) is 32.6 Å². The van der Waals surface area contributed by atoms with Gasteiger partial charge in [0.2, 0.25) is 0 Å². The Morgan fingerprint density at radius 3 is 3.08 bits per heavy atom. The van der Waals surface area contributed by atoms with Crippen LogP contribution < -0.4 is 0 Å². The zero-order valence-electron chi connectivity index (χ0n) is 8.25. The van der Waals surface area contributed by atoms with Gasteiger partial charge in [0.25, 0.3) is 0 Å². The van der Waals surface area contributed by atoms with Gasteiger partial charge in [-0.15, -0.1) is 0 Å². The maximum atomic E-state index is 11.2. The molecule has 3 heteroatoms. The predicted octanol–water partition coefficient (Wildman–Crippen LogP) is 1.55. The summed E-state index contributed by atoms with van der Waals surface area (Å²) in [6, 6.07) is 0. The third-order valence-electron chi connectivity index (χ3n) is 2.24. The molecule has 0 aliphatic carbocycles. The van der Waals surface area contributed by atoms with Crippen molar-refractivity contribution >= 4 is 5.78 Å². The SMILES string of the molecule is CCOCC(=O)CCC1CCCO1. The minimum atomic E-state index is 0.192. The lowest BCUT2D eigenvalue weighted by Gasteiger charge is -2.07. The zero-order chi connectivity index (χ0) is 9.52. The van der Waals surface area contributed by atoms with Gasteiger partial charge in [-0.05, 0) is 26.2 Å². The van der Waals surface area contributed by atoms with Crippen molar-refractivity contribution in [2.45, 2.75) is 38.7 Å².